The highest BCUT2D eigenvalue weighted by atomic mass is 19.1. The van der Waals surface area contributed by atoms with Crippen LogP contribution < -0.4 is 20.9 Å². The summed E-state index contributed by atoms with van der Waals surface area (Å²) in [6.07, 6.45) is 4.18. The van der Waals surface area contributed by atoms with Crippen molar-refractivity contribution in [1.29, 1.82) is 0 Å². The Kier molecular flexibility index (Phi) is 8.07. The molecular formula is C30H33FN6O2. The molecule has 0 spiro atoms. The second-order valence-corrected chi connectivity index (χ2v) is 9.54. The normalized spacial score (nSPS) is 13.8. The van der Waals surface area contributed by atoms with Crippen LogP contribution in [0.15, 0.2) is 79.0 Å². The lowest BCUT2D eigenvalue weighted by atomic mass is 10.1. The van der Waals surface area contributed by atoms with Gasteiger partial charge < -0.3 is 25.6 Å². The average molecular weight is 529 g/mol. The summed E-state index contributed by atoms with van der Waals surface area (Å²) in [5.41, 5.74) is 4.83. The van der Waals surface area contributed by atoms with Gasteiger partial charge in [0.2, 0.25) is 0 Å². The van der Waals surface area contributed by atoms with E-state index in [1.165, 1.54) is 16.4 Å². The number of benzene rings is 3. The third-order valence-electron chi connectivity index (χ3n) is 6.70. The molecule has 3 aromatic carbocycles. The number of carbonyl (C=O) groups is 1. The molecule has 1 fully saturated rings. The van der Waals surface area contributed by atoms with Gasteiger partial charge in [0.1, 0.15) is 5.82 Å². The Bertz CT molecular complexity index is 1400. The van der Waals surface area contributed by atoms with Gasteiger partial charge in [-0.25, -0.2) is 4.39 Å². The molecule has 1 aliphatic heterocycles. The molecule has 3 N–H and O–H groups in total. The Labute approximate surface area is 227 Å². The molecule has 202 valence electrons. The first-order valence-electron chi connectivity index (χ1n) is 13.2. The van der Waals surface area contributed by atoms with E-state index in [-0.39, 0.29) is 5.69 Å². The number of nitrogens with one attached hydrogen (secondary N) is 3. The molecule has 1 saturated heterocycles. The van der Waals surface area contributed by atoms with Gasteiger partial charge in [-0.2, -0.15) is 5.10 Å². The maximum atomic E-state index is 14.7. The third kappa shape index (κ3) is 6.74. The molecule has 1 aromatic heterocycles. The SMILES string of the molecule is CCOC1CCN(c2ccc(Nc3ccc(Nc4ccc(NC(=O)c5ccn(C)n5)cc4F)cc3)cc2)CC1. The lowest BCUT2D eigenvalue weighted by molar-refractivity contribution is 0.0459. The predicted molar refractivity (Wildman–Crippen MR) is 154 cm³/mol. The lowest BCUT2D eigenvalue weighted by Gasteiger charge is -2.33. The standard InChI is InChI=1S/C30H33FN6O2/c1-3-39-26-14-18-37(19-15-26)25-11-8-22(9-12-25)32-21-4-6-23(7-5-21)33-28-13-10-24(20-27(28)31)34-30(38)29-16-17-36(2)35-29/h4-13,16-17,20,26,32-33H,3,14-15,18-19H2,1-2H3,(H,34,38). The van der Waals surface area contributed by atoms with E-state index in [1.807, 2.05) is 24.3 Å². The van der Waals surface area contributed by atoms with E-state index >= 15 is 0 Å². The van der Waals surface area contributed by atoms with Crippen LogP contribution in [0.5, 0.6) is 0 Å². The molecule has 0 unspecified atom stereocenters. The molecule has 0 bridgehead atoms. The maximum absolute atomic E-state index is 14.7. The molecule has 0 atom stereocenters. The largest absolute Gasteiger partial charge is 0.378 e. The Morgan fingerprint density at radius 3 is 2.13 bits per heavy atom. The fraction of sp³-hybridized carbons (Fsp3) is 0.267. The number of aromatic nitrogens is 2. The minimum atomic E-state index is -0.474. The van der Waals surface area contributed by atoms with Crippen LogP contribution in [0.1, 0.15) is 30.3 Å². The highest BCUT2D eigenvalue weighted by Gasteiger charge is 2.19. The number of hydrogen-bond acceptors (Lipinski definition) is 6. The second-order valence-electron chi connectivity index (χ2n) is 9.54. The minimum Gasteiger partial charge on any atom is -0.378 e. The maximum Gasteiger partial charge on any atom is 0.276 e. The Hall–Kier alpha value is -4.37. The molecule has 0 radical (unpaired) electrons. The summed E-state index contributed by atoms with van der Waals surface area (Å²) in [4.78, 5) is 14.7. The Morgan fingerprint density at radius 2 is 1.54 bits per heavy atom. The molecule has 1 aliphatic rings. The minimum absolute atomic E-state index is 0.266. The first kappa shape index (κ1) is 26.2. The zero-order valence-electron chi connectivity index (χ0n) is 22.2. The number of amides is 1. The number of piperidine rings is 1. The lowest BCUT2D eigenvalue weighted by Crippen LogP contribution is -2.37. The zero-order valence-corrected chi connectivity index (χ0v) is 22.2. The van der Waals surface area contributed by atoms with Crippen LogP contribution >= 0.6 is 0 Å². The van der Waals surface area contributed by atoms with E-state index in [2.05, 4.69) is 57.1 Å². The van der Waals surface area contributed by atoms with E-state index in [0.717, 1.165) is 49.6 Å². The van der Waals surface area contributed by atoms with Crippen molar-refractivity contribution < 1.29 is 13.9 Å². The predicted octanol–water partition coefficient (Wildman–Crippen LogP) is 6.30. The highest BCUT2D eigenvalue weighted by Crippen LogP contribution is 2.27. The van der Waals surface area contributed by atoms with Crippen molar-refractivity contribution in [2.45, 2.75) is 25.9 Å². The Morgan fingerprint density at radius 1 is 0.923 bits per heavy atom. The first-order valence-corrected chi connectivity index (χ1v) is 13.2. The zero-order chi connectivity index (χ0) is 27.2. The number of carbonyl (C=O) groups excluding carboxylic acids is 1. The summed E-state index contributed by atoms with van der Waals surface area (Å²) in [7, 11) is 1.73. The van der Waals surface area contributed by atoms with Gasteiger partial charge in [-0.15, -0.1) is 0 Å². The van der Waals surface area contributed by atoms with Gasteiger partial charge >= 0.3 is 0 Å². The van der Waals surface area contributed by atoms with Gasteiger partial charge in [-0.1, -0.05) is 0 Å². The van der Waals surface area contributed by atoms with Crippen LogP contribution in [0.4, 0.5) is 38.5 Å². The van der Waals surface area contributed by atoms with E-state index in [0.29, 0.717) is 17.5 Å². The first-order chi connectivity index (χ1) is 19.0. The van der Waals surface area contributed by atoms with Gasteiger partial charge in [-0.3, -0.25) is 9.48 Å². The summed E-state index contributed by atoms with van der Waals surface area (Å²) in [6, 6.07) is 22.2. The van der Waals surface area contributed by atoms with Crippen LogP contribution in [0, 0.1) is 5.82 Å². The van der Waals surface area contributed by atoms with E-state index in [9.17, 15) is 9.18 Å². The summed E-state index contributed by atoms with van der Waals surface area (Å²) in [5, 5.41) is 13.2. The monoisotopic (exact) mass is 528 g/mol. The van der Waals surface area contributed by atoms with Crippen LogP contribution in [0.2, 0.25) is 0 Å². The number of hydrogen-bond donors (Lipinski definition) is 3. The number of rotatable bonds is 9. The fourth-order valence-electron chi connectivity index (χ4n) is 4.66. The summed E-state index contributed by atoms with van der Waals surface area (Å²) >= 11 is 0. The van der Waals surface area contributed by atoms with Crippen molar-refractivity contribution in [3.63, 3.8) is 0 Å². The molecule has 5 rings (SSSR count). The van der Waals surface area contributed by atoms with Crippen molar-refractivity contribution >= 4 is 40.0 Å². The number of halogens is 1. The Balaban J connectivity index is 1.14. The van der Waals surface area contributed by atoms with Crippen molar-refractivity contribution in [3.8, 4) is 0 Å². The van der Waals surface area contributed by atoms with Crippen LogP contribution in [-0.2, 0) is 11.8 Å². The third-order valence-corrected chi connectivity index (χ3v) is 6.70. The van der Waals surface area contributed by atoms with Crippen LogP contribution in [-0.4, -0.2) is 41.5 Å². The summed E-state index contributed by atoms with van der Waals surface area (Å²) in [6.45, 7) is 4.85. The van der Waals surface area contributed by atoms with Crippen molar-refractivity contribution in [2.75, 3.05) is 40.5 Å². The van der Waals surface area contributed by atoms with Crippen molar-refractivity contribution in [3.05, 3.63) is 90.5 Å². The topological polar surface area (TPSA) is 83.5 Å². The summed E-state index contributed by atoms with van der Waals surface area (Å²) in [5.74, 6) is -0.867. The van der Waals surface area contributed by atoms with E-state index in [4.69, 9.17) is 4.74 Å². The quantitative estimate of drug-likeness (QED) is 0.236. The fourth-order valence-corrected chi connectivity index (χ4v) is 4.66. The van der Waals surface area contributed by atoms with Gasteiger partial charge in [0, 0.05) is 61.4 Å². The van der Waals surface area contributed by atoms with Gasteiger partial charge in [0.25, 0.3) is 5.91 Å². The second kappa shape index (κ2) is 12.0. The molecule has 2 heterocycles. The van der Waals surface area contributed by atoms with E-state index < -0.39 is 11.7 Å². The number of nitrogens with zero attached hydrogens (tertiary/aromatic N) is 3. The molecular weight excluding hydrogens is 495 g/mol. The van der Waals surface area contributed by atoms with Crippen LogP contribution in [0.3, 0.4) is 0 Å². The molecule has 9 heteroatoms. The van der Waals surface area contributed by atoms with Gasteiger partial charge in [0.05, 0.1) is 11.8 Å². The molecule has 39 heavy (non-hydrogen) atoms. The number of aryl methyl sites for hydroxylation is 1. The molecule has 4 aromatic rings. The molecule has 0 saturated carbocycles. The van der Waals surface area contributed by atoms with E-state index in [1.54, 1.807) is 31.4 Å². The molecule has 1 amide bonds. The number of ether oxygens (including phenoxy) is 1. The molecule has 0 aliphatic carbocycles. The summed E-state index contributed by atoms with van der Waals surface area (Å²) < 4.78 is 22.0. The van der Waals surface area contributed by atoms with Crippen LogP contribution in [0.25, 0.3) is 0 Å². The highest BCUT2D eigenvalue weighted by molar-refractivity contribution is 6.02. The number of anilines is 6. The smallest absolute Gasteiger partial charge is 0.276 e. The average Bonchev–Trinajstić information content (AvgIpc) is 3.39. The van der Waals surface area contributed by atoms with Gasteiger partial charge in [0.15, 0.2) is 5.69 Å². The van der Waals surface area contributed by atoms with Crippen molar-refractivity contribution in [1.82, 2.24) is 9.78 Å². The van der Waals surface area contributed by atoms with Crippen molar-refractivity contribution in [2.24, 2.45) is 7.05 Å². The van der Waals surface area contributed by atoms with Gasteiger partial charge in [-0.05, 0) is 92.6 Å². The molecule has 8 nitrogen and oxygen atoms in total.